The van der Waals surface area contributed by atoms with Gasteiger partial charge in [-0.3, -0.25) is 0 Å². The van der Waals surface area contributed by atoms with Crippen LogP contribution in [0.1, 0.15) is 28.7 Å². The van der Waals surface area contributed by atoms with Crippen LogP contribution in [-0.2, 0) is 4.74 Å². The Morgan fingerprint density at radius 1 is 1.54 bits per heavy atom. The number of aromatic amines is 1. The van der Waals surface area contributed by atoms with Gasteiger partial charge in [0.15, 0.2) is 0 Å². The summed E-state index contributed by atoms with van der Waals surface area (Å²) in [7, 11) is 5.70. The Hall–Kier alpha value is -1.19. The molecular formula is C9H12BNO2. The van der Waals surface area contributed by atoms with E-state index in [9.17, 15) is 4.79 Å². The van der Waals surface area contributed by atoms with Gasteiger partial charge in [0.05, 0.1) is 6.61 Å². The third-order valence-electron chi connectivity index (χ3n) is 1.98. The lowest BCUT2D eigenvalue weighted by atomic mass is 9.92. The summed E-state index contributed by atoms with van der Waals surface area (Å²) in [5.74, 6) is -0.347. The molecule has 2 radical (unpaired) electrons. The summed E-state index contributed by atoms with van der Waals surface area (Å²) in [6.45, 7) is 5.76. The summed E-state index contributed by atoms with van der Waals surface area (Å²) in [5.41, 5.74) is 2.65. The van der Waals surface area contributed by atoms with Crippen molar-refractivity contribution in [3.05, 3.63) is 17.0 Å². The zero-order chi connectivity index (χ0) is 10.0. The van der Waals surface area contributed by atoms with Gasteiger partial charge >= 0.3 is 5.97 Å². The maximum absolute atomic E-state index is 11.3. The van der Waals surface area contributed by atoms with Crippen molar-refractivity contribution >= 4 is 19.3 Å². The number of nitrogens with one attached hydrogen (secondary N) is 1. The van der Waals surface area contributed by atoms with Gasteiger partial charge in [-0.15, -0.1) is 0 Å². The van der Waals surface area contributed by atoms with Gasteiger partial charge < -0.3 is 9.72 Å². The molecule has 1 heterocycles. The summed E-state index contributed by atoms with van der Waals surface area (Å²) in [5, 5.41) is 0. The normalized spacial score (nSPS) is 10.1. The van der Waals surface area contributed by atoms with Crippen LogP contribution >= 0.6 is 0 Å². The fourth-order valence-corrected chi connectivity index (χ4v) is 1.17. The molecule has 0 fully saturated rings. The van der Waals surface area contributed by atoms with E-state index in [1.165, 1.54) is 0 Å². The van der Waals surface area contributed by atoms with Crippen molar-refractivity contribution in [3.8, 4) is 0 Å². The molecule has 0 aliphatic carbocycles. The van der Waals surface area contributed by atoms with E-state index < -0.39 is 0 Å². The highest BCUT2D eigenvalue weighted by Crippen LogP contribution is 2.06. The fourth-order valence-electron chi connectivity index (χ4n) is 1.17. The van der Waals surface area contributed by atoms with E-state index in [2.05, 4.69) is 4.98 Å². The minimum atomic E-state index is -0.347. The van der Waals surface area contributed by atoms with Gasteiger partial charge in [-0.25, -0.2) is 4.79 Å². The topological polar surface area (TPSA) is 42.1 Å². The van der Waals surface area contributed by atoms with Crippen LogP contribution in [0.25, 0.3) is 0 Å². The summed E-state index contributed by atoms with van der Waals surface area (Å²) in [4.78, 5) is 14.2. The first-order chi connectivity index (χ1) is 6.07. The van der Waals surface area contributed by atoms with Crippen LogP contribution in [0.5, 0.6) is 0 Å². The molecule has 0 spiro atoms. The molecular weight excluding hydrogens is 165 g/mol. The molecule has 0 amide bonds. The predicted octanol–water partition coefficient (Wildman–Crippen LogP) is 0.602. The molecule has 0 saturated carbocycles. The van der Waals surface area contributed by atoms with Crippen LogP contribution in [0.4, 0.5) is 0 Å². The number of carbonyl (C=O) groups is 1. The van der Waals surface area contributed by atoms with E-state index in [-0.39, 0.29) is 5.97 Å². The lowest BCUT2D eigenvalue weighted by Gasteiger charge is -1.99. The van der Waals surface area contributed by atoms with Gasteiger partial charge in [0.2, 0.25) is 0 Å². The lowest BCUT2D eigenvalue weighted by molar-refractivity contribution is 0.0519. The average molecular weight is 177 g/mol. The number of aromatic nitrogens is 1. The van der Waals surface area contributed by atoms with Crippen molar-refractivity contribution in [1.29, 1.82) is 0 Å². The van der Waals surface area contributed by atoms with Gasteiger partial charge in [-0.1, -0.05) is 5.46 Å². The number of carbonyl (C=O) groups excluding carboxylic acids is 1. The molecule has 0 saturated heterocycles. The van der Waals surface area contributed by atoms with Crippen LogP contribution < -0.4 is 5.46 Å². The minimum absolute atomic E-state index is 0.347. The van der Waals surface area contributed by atoms with Gasteiger partial charge in [0.25, 0.3) is 0 Å². The van der Waals surface area contributed by atoms with E-state index in [1.807, 2.05) is 6.92 Å². The number of H-pyrrole nitrogens is 1. The molecule has 3 nitrogen and oxygen atoms in total. The molecule has 4 heteroatoms. The predicted molar refractivity (Wildman–Crippen MR) is 51.6 cm³/mol. The zero-order valence-corrected chi connectivity index (χ0v) is 8.10. The third kappa shape index (κ3) is 1.77. The number of esters is 1. The Balaban J connectivity index is 3.01. The summed E-state index contributed by atoms with van der Waals surface area (Å²) >= 11 is 0. The van der Waals surface area contributed by atoms with E-state index in [0.717, 1.165) is 11.3 Å². The first kappa shape index (κ1) is 9.90. The summed E-state index contributed by atoms with van der Waals surface area (Å²) in [6.07, 6.45) is 0. The van der Waals surface area contributed by atoms with Crippen LogP contribution in [0.3, 0.4) is 0 Å². The number of ether oxygens (including phenoxy) is 1. The molecule has 0 atom stereocenters. The van der Waals surface area contributed by atoms with Crippen molar-refractivity contribution < 1.29 is 9.53 Å². The van der Waals surface area contributed by atoms with Gasteiger partial charge in [0, 0.05) is 5.69 Å². The maximum Gasteiger partial charge on any atom is 0.354 e. The van der Waals surface area contributed by atoms with E-state index >= 15 is 0 Å². The molecule has 0 aromatic carbocycles. The fraction of sp³-hybridized carbons (Fsp3) is 0.444. The lowest BCUT2D eigenvalue weighted by Crippen LogP contribution is -2.10. The third-order valence-corrected chi connectivity index (χ3v) is 1.98. The Morgan fingerprint density at radius 3 is 2.54 bits per heavy atom. The number of aryl methyl sites for hydroxylation is 1. The van der Waals surface area contributed by atoms with Crippen molar-refractivity contribution in [3.63, 3.8) is 0 Å². The Labute approximate surface area is 78.9 Å². The molecule has 0 bridgehead atoms. The monoisotopic (exact) mass is 177 g/mol. The molecule has 1 rings (SSSR count). The zero-order valence-electron chi connectivity index (χ0n) is 8.10. The van der Waals surface area contributed by atoms with Crippen LogP contribution in [0, 0.1) is 13.8 Å². The van der Waals surface area contributed by atoms with E-state index in [1.54, 1.807) is 13.8 Å². The minimum Gasteiger partial charge on any atom is -0.461 e. The van der Waals surface area contributed by atoms with Crippen molar-refractivity contribution in [2.24, 2.45) is 0 Å². The van der Waals surface area contributed by atoms with E-state index in [4.69, 9.17) is 12.6 Å². The Kier molecular flexibility index (Phi) is 2.81. The van der Waals surface area contributed by atoms with Crippen LogP contribution in [-0.4, -0.2) is 25.4 Å². The molecule has 0 aliphatic rings. The number of hydrogen-bond acceptors (Lipinski definition) is 2. The summed E-state index contributed by atoms with van der Waals surface area (Å²) < 4.78 is 4.85. The van der Waals surface area contributed by atoms with Crippen molar-refractivity contribution in [1.82, 2.24) is 4.98 Å². The van der Waals surface area contributed by atoms with Crippen LogP contribution in [0.15, 0.2) is 0 Å². The SMILES string of the molecule is [B]c1c(C)[nH]c(C(=O)OCC)c1C. The van der Waals surface area contributed by atoms with Crippen molar-refractivity contribution in [2.75, 3.05) is 6.61 Å². The van der Waals surface area contributed by atoms with E-state index in [0.29, 0.717) is 17.8 Å². The van der Waals surface area contributed by atoms with Gasteiger partial charge in [-0.05, 0) is 26.3 Å². The van der Waals surface area contributed by atoms with Gasteiger partial charge in [0.1, 0.15) is 13.5 Å². The molecule has 68 valence electrons. The van der Waals surface area contributed by atoms with Gasteiger partial charge in [-0.2, -0.15) is 0 Å². The Morgan fingerprint density at radius 2 is 2.15 bits per heavy atom. The molecule has 13 heavy (non-hydrogen) atoms. The first-order valence-electron chi connectivity index (χ1n) is 4.19. The average Bonchev–Trinajstić information content (AvgIpc) is 2.33. The van der Waals surface area contributed by atoms with Crippen LogP contribution in [0.2, 0.25) is 0 Å². The second-order valence-electron chi connectivity index (χ2n) is 2.88. The molecule has 1 aromatic rings. The smallest absolute Gasteiger partial charge is 0.354 e. The highest BCUT2D eigenvalue weighted by molar-refractivity contribution is 6.34. The largest absolute Gasteiger partial charge is 0.461 e. The maximum atomic E-state index is 11.3. The quantitative estimate of drug-likeness (QED) is 0.530. The second kappa shape index (κ2) is 3.68. The Bertz CT molecular complexity index is 331. The highest BCUT2D eigenvalue weighted by Gasteiger charge is 2.14. The molecule has 1 aromatic heterocycles. The number of rotatable bonds is 2. The molecule has 0 unspecified atom stereocenters. The van der Waals surface area contributed by atoms with Crippen molar-refractivity contribution in [2.45, 2.75) is 20.8 Å². The molecule has 1 N–H and O–H groups in total. The number of hydrogen-bond donors (Lipinski definition) is 1. The molecule has 0 aliphatic heterocycles. The summed E-state index contributed by atoms with van der Waals surface area (Å²) in [6, 6.07) is 0. The highest BCUT2D eigenvalue weighted by atomic mass is 16.5. The standard InChI is InChI=1S/C9H12BNO2/c1-4-13-9(12)8-5(2)7(10)6(3)11-8/h11H,4H2,1-3H3. The second-order valence-corrected chi connectivity index (χ2v) is 2.88. The first-order valence-corrected chi connectivity index (χ1v) is 4.19.